The average Bonchev–Trinajstić information content (AvgIpc) is 2.78. The number of allylic oxidation sites excluding steroid dienone is 1. The quantitative estimate of drug-likeness (QED) is 0.859. The molecule has 0 saturated carbocycles. The van der Waals surface area contributed by atoms with Gasteiger partial charge in [-0.15, -0.1) is 0 Å². The number of hydrogen-bond acceptors (Lipinski definition) is 3. The minimum Gasteiger partial charge on any atom is -0.492 e. The number of para-hydroxylation sites is 1. The highest BCUT2D eigenvalue weighted by Gasteiger charge is 2.16. The number of rotatable bonds is 4. The lowest BCUT2D eigenvalue weighted by Crippen LogP contribution is -2.30. The van der Waals surface area contributed by atoms with Crippen molar-refractivity contribution >= 4 is 11.5 Å². The lowest BCUT2D eigenvalue weighted by Gasteiger charge is -2.19. The van der Waals surface area contributed by atoms with E-state index in [1.165, 1.54) is 0 Å². The Morgan fingerprint density at radius 1 is 1.07 bits per heavy atom. The van der Waals surface area contributed by atoms with Crippen LogP contribution < -0.4 is 10.1 Å². The molecule has 1 N–H and O–H groups in total. The fraction of sp³-hybridized carbons (Fsp3) is 0.375. The maximum absolute atomic E-state index is 12.8. The van der Waals surface area contributed by atoms with Crippen LogP contribution >= 0.6 is 0 Å². The van der Waals surface area contributed by atoms with Crippen LogP contribution in [0.3, 0.4) is 0 Å². The molecule has 0 atom stereocenters. The second-order valence-electron chi connectivity index (χ2n) is 6.91. The van der Waals surface area contributed by atoms with Crippen LogP contribution in [-0.2, 0) is 0 Å². The van der Waals surface area contributed by atoms with E-state index >= 15 is 0 Å². The van der Waals surface area contributed by atoms with Gasteiger partial charge in [0, 0.05) is 30.8 Å². The Balaban J connectivity index is 2.02. The third-order valence-corrected chi connectivity index (χ3v) is 5.09. The Morgan fingerprint density at radius 3 is 2.71 bits per heavy atom. The van der Waals surface area contributed by atoms with Crippen molar-refractivity contribution in [2.75, 3.05) is 32.8 Å². The summed E-state index contributed by atoms with van der Waals surface area (Å²) in [5.74, 6) is 0.968. The Morgan fingerprint density at radius 2 is 1.89 bits per heavy atom. The second kappa shape index (κ2) is 10.1. The molecule has 1 aliphatic heterocycles. The average molecular weight is 379 g/mol. The van der Waals surface area contributed by atoms with Crippen molar-refractivity contribution in [3.8, 4) is 5.75 Å². The van der Waals surface area contributed by atoms with E-state index < -0.39 is 0 Å². The van der Waals surface area contributed by atoms with Gasteiger partial charge in [0.2, 0.25) is 0 Å². The number of carbonyl (C=O) groups excluding carboxylic acids is 1. The summed E-state index contributed by atoms with van der Waals surface area (Å²) in [7, 11) is 0. The van der Waals surface area contributed by atoms with E-state index in [0.717, 1.165) is 53.9 Å². The van der Waals surface area contributed by atoms with Crippen molar-refractivity contribution in [1.29, 1.82) is 0 Å². The highest BCUT2D eigenvalue weighted by molar-refractivity contribution is 5.96. The van der Waals surface area contributed by atoms with Crippen molar-refractivity contribution in [1.82, 2.24) is 10.2 Å². The number of benzene rings is 2. The van der Waals surface area contributed by atoms with Gasteiger partial charge in [-0.05, 0) is 62.6 Å². The normalized spacial score (nSPS) is 16.7. The number of carbonyl (C=O) groups is 1. The molecule has 0 unspecified atom stereocenters. The highest BCUT2D eigenvalue weighted by atomic mass is 16.5. The standard InChI is InChI=1S/C24H30N2O2/c1-3-26(4-2)24(27)20-11-9-10-19(18-20)21-12-7-8-15-25-16-17-28-23-14-6-5-13-22(21)23/h5-6,9-14,18,25H,3-4,7-8,15-17H2,1-2H3/b21-12-. The van der Waals surface area contributed by atoms with Gasteiger partial charge in [0.05, 0.1) is 0 Å². The summed E-state index contributed by atoms with van der Waals surface area (Å²) in [5.41, 5.74) is 4.00. The van der Waals surface area contributed by atoms with E-state index in [1.54, 1.807) is 0 Å². The van der Waals surface area contributed by atoms with E-state index in [9.17, 15) is 4.79 Å². The van der Waals surface area contributed by atoms with Crippen LogP contribution in [0, 0.1) is 0 Å². The first kappa shape index (κ1) is 20.2. The van der Waals surface area contributed by atoms with Crippen LogP contribution in [0.1, 0.15) is 48.2 Å². The van der Waals surface area contributed by atoms with Crippen molar-refractivity contribution in [3.63, 3.8) is 0 Å². The van der Waals surface area contributed by atoms with Gasteiger partial charge in [-0.1, -0.05) is 36.4 Å². The van der Waals surface area contributed by atoms with Gasteiger partial charge >= 0.3 is 0 Å². The topological polar surface area (TPSA) is 41.6 Å². The molecule has 3 rings (SSSR count). The molecule has 0 radical (unpaired) electrons. The lowest BCUT2D eigenvalue weighted by molar-refractivity contribution is 0.0773. The molecule has 1 aliphatic rings. The monoisotopic (exact) mass is 378 g/mol. The van der Waals surface area contributed by atoms with Gasteiger partial charge in [-0.3, -0.25) is 4.79 Å². The Bertz CT molecular complexity index is 825. The summed E-state index contributed by atoms with van der Waals surface area (Å²) >= 11 is 0. The van der Waals surface area contributed by atoms with Gasteiger partial charge in [-0.25, -0.2) is 0 Å². The van der Waals surface area contributed by atoms with Crippen LogP contribution in [0.25, 0.3) is 5.57 Å². The van der Waals surface area contributed by atoms with Gasteiger partial charge in [-0.2, -0.15) is 0 Å². The van der Waals surface area contributed by atoms with Crippen LogP contribution in [0.15, 0.2) is 54.6 Å². The van der Waals surface area contributed by atoms with Crippen molar-refractivity contribution < 1.29 is 9.53 Å². The van der Waals surface area contributed by atoms with Crippen LogP contribution in [0.2, 0.25) is 0 Å². The van der Waals surface area contributed by atoms with E-state index in [0.29, 0.717) is 19.7 Å². The Labute approximate surface area is 168 Å². The smallest absolute Gasteiger partial charge is 0.253 e. The number of nitrogens with zero attached hydrogens (tertiary/aromatic N) is 1. The molecule has 4 nitrogen and oxygen atoms in total. The summed E-state index contributed by atoms with van der Waals surface area (Å²) in [6.07, 6.45) is 4.32. The molecule has 148 valence electrons. The van der Waals surface area contributed by atoms with Crippen LogP contribution in [-0.4, -0.2) is 43.6 Å². The predicted molar refractivity (Wildman–Crippen MR) is 115 cm³/mol. The zero-order chi connectivity index (χ0) is 19.8. The van der Waals surface area contributed by atoms with E-state index in [-0.39, 0.29) is 5.91 Å². The Hall–Kier alpha value is -2.59. The third kappa shape index (κ3) is 4.82. The summed E-state index contributed by atoms with van der Waals surface area (Å²) in [4.78, 5) is 14.7. The predicted octanol–water partition coefficient (Wildman–Crippen LogP) is 4.36. The minimum absolute atomic E-state index is 0.0813. The first-order valence-corrected chi connectivity index (χ1v) is 10.3. The molecule has 2 aromatic rings. The first-order chi connectivity index (χ1) is 13.7. The molecule has 0 bridgehead atoms. The molecule has 0 saturated heterocycles. The summed E-state index contributed by atoms with van der Waals surface area (Å²) < 4.78 is 6.04. The van der Waals surface area contributed by atoms with E-state index in [4.69, 9.17) is 4.74 Å². The zero-order valence-electron chi connectivity index (χ0n) is 16.9. The van der Waals surface area contributed by atoms with Crippen molar-refractivity contribution in [2.45, 2.75) is 26.7 Å². The number of fused-ring (bicyclic) bond motifs is 1. The molecule has 0 aliphatic carbocycles. The van der Waals surface area contributed by atoms with Crippen LogP contribution in [0.5, 0.6) is 5.75 Å². The van der Waals surface area contributed by atoms with Crippen LogP contribution in [0.4, 0.5) is 0 Å². The number of ether oxygens (including phenoxy) is 1. The molecule has 0 fully saturated rings. The molecular weight excluding hydrogens is 348 g/mol. The SMILES string of the molecule is CCN(CC)C(=O)c1cccc(/C2=C/CCCNCCOc3ccccc32)c1. The van der Waals surface area contributed by atoms with Gasteiger partial charge < -0.3 is 15.0 Å². The van der Waals surface area contributed by atoms with Gasteiger partial charge in [0.25, 0.3) is 5.91 Å². The molecule has 28 heavy (non-hydrogen) atoms. The first-order valence-electron chi connectivity index (χ1n) is 10.3. The molecule has 0 aromatic heterocycles. The molecule has 0 spiro atoms. The van der Waals surface area contributed by atoms with Gasteiger partial charge in [0.1, 0.15) is 12.4 Å². The minimum atomic E-state index is 0.0813. The Kier molecular flexibility index (Phi) is 7.26. The fourth-order valence-corrected chi connectivity index (χ4v) is 3.54. The van der Waals surface area contributed by atoms with E-state index in [1.807, 2.05) is 55.1 Å². The molecule has 1 heterocycles. The van der Waals surface area contributed by atoms with E-state index in [2.05, 4.69) is 23.5 Å². The molecule has 1 amide bonds. The third-order valence-electron chi connectivity index (χ3n) is 5.09. The second-order valence-corrected chi connectivity index (χ2v) is 6.91. The summed E-state index contributed by atoms with van der Waals surface area (Å²) in [6, 6.07) is 16.1. The largest absolute Gasteiger partial charge is 0.492 e. The molecule has 2 aromatic carbocycles. The number of hydrogen-bond donors (Lipinski definition) is 1. The summed E-state index contributed by atoms with van der Waals surface area (Å²) in [5, 5.41) is 3.41. The molecular formula is C24H30N2O2. The fourth-order valence-electron chi connectivity index (χ4n) is 3.54. The zero-order valence-corrected chi connectivity index (χ0v) is 16.9. The lowest BCUT2D eigenvalue weighted by atomic mass is 9.94. The number of amides is 1. The maximum atomic E-state index is 12.8. The maximum Gasteiger partial charge on any atom is 0.253 e. The van der Waals surface area contributed by atoms with Gasteiger partial charge in [0.15, 0.2) is 0 Å². The van der Waals surface area contributed by atoms with Crippen molar-refractivity contribution in [2.24, 2.45) is 0 Å². The number of nitrogens with one attached hydrogen (secondary N) is 1. The van der Waals surface area contributed by atoms with Crippen molar-refractivity contribution in [3.05, 3.63) is 71.3 Å². The summed E-state index contributed by atoms with van der Waals surface area (Å²) in [6.45, 7) is 7.92. The molecule has 4 heteroatoms. The highest BCUT2D eigenvalue weighted by Crippen LogP contribution is 2.32.